The number of amides is 1. The van der Waals surface area contributed by atoms with Crippen LogP contribution in [0.1, 0.15) is 64.4 Å². The number of carbonyl (C=O) groups is 1. The van der Waals surface area contributed by atoms with Gasteiger partial charge in [0.2, 0.25) is 0 Å². The predicted molar refractivity (Wildman–Crippen MR) is 118 cm³/mol. The van der Waals surface area contributed by atoms with Gasteiger partial charge in [0.1, 0.15) is 5.56 Å². The van der Waals surface area contributed by atoms with Crippen LogP contribution in [0.4, 0.5) is 5.95 Å². The zero-order chi connectivity index (χ0) is 21.9. The minimum Gasteiger partial charge on any atom is -0.355 e. The van der Waals surface area contributed by atoms with Gasteiger partial charge in [-0.25, -0.2) is 4.98 Å². The molecule has 0 bridgehead atoms. The van der Waals surface area contributed by atoms with Crippen LogP contribution >= 0.6 is 11.3 Å². The molecule has 5 rings (SSSR count). The molecule has 0 atom stereocenters. The fourth-order valence-corrected chi connectivity index (χ4v) is 4.22. The number of tetrazole rings is 1. The molecule has 3 aromatic heterocycles. The second-order valence-corrected chi connectivity index (χ2v) is 8.27. The van der Waals surface area contributed by atoms with Crippen LogP contribution < -0.4 is 5.32 Å². The van der Waals surface area contributed by atoms with E-state index in [0.717, 1.165) is 16.3 Å². The van der Waals surface area contributed by atoms with Gasteiger partial charge in [-0.2, -0.15) is 5.21 Å². The summed E-state index contributed by atoms with van der Waals surface area (Å²) in [6.45, 7) is 1.90. The van der Waals surface area contributed by atoms with E-state index in [-0.39, 0.29) is 5.95 Å². The Bertz CT molecular complexity index is 1310. The maximum Gasteiger partial charge on any atom is 0.270 e. The van der Waals surface area contributed by atoms with Gasteiger partial charge in [0, 0.05) is 22.4 Å². The molecule has 160 valence electrons. The molecule has 32 heavy (non-hydrogen) atoms. The minimum absolute atomic E-state index is 0.0774. The third-order valence-corrected chi connectivity index (χ3v) is 6.16. The van der Waals surface area contributed by atoms with Crippen LogP contribution in [0.15, 0.2) is 34.2 Å². The van der Waals surface area contributed by atoms with E-state index in [1.54, 1.807) is 11.3 Å². The van der Waals surface area contributed by atoms with Crippen LogP contribution in [0.25, 0.3) is 11.3 Å². The topological polar surface area (TPSA) is 122 Å². The van der Waals surface area contributed by atoms with Crippen LogP contribution in [-0.2, 0) is 6.42 Å². The number of hydrogen-bond donors (Lipinski definition) is 2. The van der Waals surface area contributed by atoms with Crippen molar-refractivity contribution in [1.82, 2.24) is 30.8 Å². The lowest BCUT2D eigenvalue weighted by molar-refractivity contribution is 0.102. The molecule has 0 spiro atoms. The Morgan fingerprint density at radius 1 is 1.34 bits per heavy atom. The maximum absolute atomic E-state index is 12.9. The summed E-state index contributed by atoms with van der Waals surface area (Å²) in [5.41, 5.74) is 3.54. The van der Waals surface area contributed by atoms with Crippen molar-refractivity contribution in [1.29, 1.82) is 0 Å². The highest BCUT2D eigenvalue weighted by Crippen LogP contribution is 2.36. The highest BCUT2D eigenvalue weighted by molar-refractivity contribution is 7.10. The number of aryl methyl sites for hydroxylation is 1. The second-order valence-electron chi connectivity index (χ2n) is 7.41. The van der Waals surface area contributed by atoms with Crippen molar-refractivity contribution >= 4 is 23.2 Å². The number of rotatable bonds is 5. The minimum atomic E-state index is -0.415. The highest BCUT2D eigenvalue weighted by atomic mass is 32.1. The number of carbonyl (C=O) groups excluding carboxylic acids is 1. The molecule has 1 fully saturated rings. The van der Waals surface area contributed by atoms with Gasteiger partial charge in [0.15, 0.2) is 10.8 Å². The summed E-state index contributed by atoms with van der Waals surface area (Å²) < 4.78 is 5.55. The summed E-state index contributed by atoms with van der Waals surface area (Å²) in [5, 5.41) is 22.9. The summed E-state index contributed by atoms with van der Waals surface area (Å²) in [6, 6.07) is 7.51. The molecular formula is C22H19N7O2S. The van der Waals surface area contributed by atoms with Gasteiger partial charge in [0.25, 0.3) is 11.9 Å². The molecule has 0 unspecified atom stereocenters. The van der Waals surface area contributed by atoms with Crippen molar-refractivity contribution in [3.63, 3.8) is 0 Å². The first-order valence-electron chi connectivity index (χ1n) is 10.3. The van der Waals surface area contributed by atoms with E-state index in [9.17, 15) is 4.79 Å². The SMILES string of the molecule is CCc1noc(-c2cccc(C#Cc3nc(C4CCC4)cs3)c2)c1C(=O)Nc1nn[nH]n1. The molecule has 9 nitrogen and oxygen atoms in total. The number of anilines is 1. The molecule has 3 heterocycles. The van der Waals surface area contributed by atoms with E-state index in [2.05, 4.69) is 53.3 Å². The zero-order valence-corrected chi connectivity index (χ0v) is 18.1. The zero-order valence-electron chi connectivity index (χ0n) is 17.3. The molecule has 10 heteroatoms. The average molecular weight is 446 g/mol. The molecule has 4 aromatic rings. The molecule has 1 amide bonds. The van der Waals surface area contributed by atoms with Crippen LogP contribution in [0.2, 0.25) is 0 Å². The standard InChI is InChI=1S/C22H19N7O2S/c1-2-16-19(21(30)24-22-25-28-29-26-22)20(31-27-16)15-8-3-5-13(11-15)9-10-18-23-17(12-32-18)14-6-4-7-14/h3,5,8,11-12,14H,2,4,6-7H2,1H3,(H2,24,25,26,28,29,30). The molecule has 0 saturated heterocycles. The first kappa shape index (κ1) is 20.1. The van der Waals surface area contributed by atoms with Crippen molar-refractivity contribution in [2.45, 2.75) is 38.5 Å². The summed E-state index contributed by atoms with van der Waals surface area (Å²) >= 11 is 1.58. The lowest BCUT2D eigenvalue weighted by Gasteiger charge is -2.22. The Kier molecular flexibility index (Phi) is 5.47. The third-order valence-electron chi connectivity index (χ3n) is 5.38. The van der Waals surface area contributed by atoms with Crippen molar-refractivity contribution in [2.75, 3.05) is 5.32 Å². The fourth-order valence-electron chi connectivity index (χ4n) is 3.47. The number of nitrogens with one attached hydrogen (secondary N) is 2. The average Bonchev–Trinajstić information content (AvgIpc) is 3.52. The van der Waals surface area contributed by atoms with Crippen LogP contribution in [-0.4, -0.2) is 36.7 Å². The summed E-state index contributed by atoms with van der Waals surface area (Å²) in [5.74, 6) is 6.95. The van der Waals surface area contributed by atoms with Crippen molar-refractivity contribution < 1.29 is 9.32 Å². The first-order chi connectivity index (χ1) is 15.7. The van der Waals surface area contributed by atoms with E-state index in [4.69, 9.17) is 4.52 Å². The number of thiazole rings is 1. The molecule has 0 radical (unpaired) electrons. The predicted octanol–water partition coefficient (Wildman–Crippen LogP) is 3.79. The van der Waals surface area contributed by atoms with E-state index in [1.807, 2.05) is 31.2 Å². The number of nitrogens with zero attached hydrogens (tertiary/aromatic N) is 5. The first-order valence-corrected chi connectivity index (χ1v) is 11.2. The Labute approximate surface area is 187 Å². The van der Waals surface area contributed by atoms with Crippen LogP contribution in [0.5, 0.6) is 0 Å². The number of aromatic nitrogens is 6. The summed E-state index contributed by atoms with van der Waals surface area (Å²) in [4.78, 5) is 17.5. The molecule has 1 aromatic carbocycles. The smallest absolute Gasteiger partial charge is 0.270 e. The largest absolute Gasteiger partial charge is 0.355 e. The third kappa shape index (κ3) is 4.02. The summed E-state index contributed by atoms with van der Waals surface area (Å²) in [6.07, 6.45) is 4.26. The maximum atomic E-state index is 12.9. The second kappa shape index (κ2) is 8.72. The number of benzene rings is 1. The molecule has 1 aliphatic rings. The van der Waals surface area contributed by atoms with Crippen LogP contribution in [0, 0.1) is 11.8 Å². The molecule has 1 saturated carbocycles. The van der Waals surface area contributed by atoms with E-state index < -0.39 is 5.91 Å². The quantitative estimate of drug-likeness (QED) is 0.448. The van der Waals surface area contributed by atoms with Gasteiger partial charge in [-0.1, -0.05) is 41.7 Å². The normalized spacial score (nSPS) is 13.3. The van der Waals surface area contributed by atoms with Gasteiger partial charge in [-0.05, 0) is 42.5 Å². The number of hydrogen-bond acceptors (Lipinski definition) is 8. The van der Waals surface area contributed by atoms with E-state index in [1.165, 1.54) is 19.3 Å². The van der Waals surface area contributed by atoms with Gasteiger partial charge >= 0.3 is 0 Å². The molecular weight excluding hydrogens is 426 g/mol. The monoisotopic (exact) mass is 445 g/mol. The Hall–Kier alpha value is -3.84. The number of H-pyrrole nitrogens is 1. The van der Waals surface area contributed by atoms with E-state index >= 15 is 0 Å². The van der Waals surface area contributed by atoms with Crippen molar-refractivity contribution in [3.8, 4) is 23.2 Å². The molecule has 2 N–H and O–H groups in total. The van der Waals surface area contributed by atoms with E-state index in [0.29, 0.717) is 34.9 Å². The highest BCUT2D eigenvalue weighted by Gasteiger charge is 2.24. The molecule has 1 aliphatic carbocycles. The number of aromatic amines is 1. The van der Waals surface area contributed by atoms with Gasteiger partial charge in [-0.15, -0.1) is 16.4 Å². The van der Waals surface area contributed by atoms with Crippen molar-refractivity contribution in [3.05, 3.63) is 57.2 Å². The van der Waals surface area contributed by atoms with Gasteiger partial charge in [0.05, 0.1) is 11.4 Å². The summed E-state index contributed by atoms with van der Waals surface area (Å²) in [7, 11) is 0. The van der Waals surface area contributed by atoms with Crippen molar-refractivity contribution in [2.24, 2.45) is 0 Å². The Morgan fingerprint density at radius 3 is 3.00 bits per heavy atom. The Morgan fingerprint density at radius 2 is 2.25 bits per heavy atom. The van der Waals surface area contributed by atoms with Gasteiger partial charge in [-0.3, -0.25) is 10.1 Å². The lowest BCUT2D eigenvalue weighted by Crippen LogP contribution is -2.15. The van der Waals surface area contributed by atoms with Crippen LogP contribution in [0.3, 0.4) is 0 Å². The van der Waals surface area contributed by atoms with Gasteiger partial charge < -0.3 is 4.52 Å². The lowest BCUT2D eigenvalue weighted by atomic mass is 9.83. The fraction of sp³-hybridized carbons (Fsp3) is 0.273. The Balaban J connectivity index is 1.42. The molecule has 0 aliphatic heterocycles.